The average Bonchev–Trinajstić information content (AvgIpc) is 3.09. The Balaban J connectivity index is 1.89. The van der Waals surface area contributed by atoms with E-state index in [1.165, 1.54) is 24.3 Å². The summed E-state index contributed by atoms with van der Waals surface area (Å²) in [5.41, 5.74) is 2.04. The molecule has 1 aliphatic rings. The Morgan fingerprint density at radius 1 is 0.971 bits per heavy atom. The predicted molar refractivity (Wildman–Crippen MR) is 128 cm³/mol. The molecule has 180 valence electrons. The molecule has 0 spiro atoms. The van der Waals surface area contributed by atoms with Gasteiger partial charge in [-0.25, -0.2) is 8.78 Å². The summed E-state index contributed by atoms with van der Waals surface area (Å²) in [5, 5.41) is 19.2. The van der Waals surface area contributed by atoms with Crippen molar-refractivity contribution in [1.82, 2.24) is 10.2 Å². The number of aliphatic hydroxyl groups excluding tert-OH is 1. The van der Waals surface area contributed by atoms with Crippen molar-refractivity contribution in [1.29, 1.82) is 0 Å². The summed E-state index contributed by atoms with van der Waals surface area (Å²) in [6, 6.07) is 14.5. The largest absolute Gasteiger partial charge is 0.507 e. The summed E-state index contributed by atoms with van der Waals surface area (Å²) >= 11 is 0. The Bertz CT molecular complexity index is 1290. The Kier molecular flexibility index (Phi) is 6.23. The second kappa shape index (κ2) is 9.02. The van der Waals surface area contributed by atoms with Gasteiger partial charge in [0.2, 0.25) is 0 Å². The third kappa shape index (κ3) is 4.56. The van der Waals surface area contributed by atoms with Crippen LogP contribution < -0.4 is 4.90 Å². The van der Waals surface area contributed by atoms with E-state index in [-0.39, 0.29) is 28.6 Å². The van der Waals surface area contributed by atoms with Gasteiger partial charge in [0.05, 0.1) is 17.3 Å². The molecule has 0 saturated carbocycles. The minimum atomic E-state index is -3.05. The number of hydrogen-bond acceptors (Lipinski definition) is 5. The number of Topliss-reactive ketones (excluding diaryl/α,β-unsaturated/α-hetero) is 1. The molecule has 1 amide bonds. The first-order valence-corrected chi connectivity index (χ1v) is 11.2. The minimum Gasteiger partial charge on any atom is -0.507 e. The number of alkyl halides is 2. The fourth-order valence-electron chi connectivity index (χ4n) is 4.04. The molecule has 2 aromatic carbocycles. The normalized spacial score (nSPS) is 17.9. The van der Waals surface area contributed by atoms with Crippen molar-refractivity contribution in [3.05, 3.63) is 94.2 Å². The van der Waals surface area contributed by atoms with Gasteiger partial charge >= 0.3 is 5.91 Å². The molecule has 1 aliphatic heterocycles. The van der Waals surface area contributed by atoms with Crippen LogP contribution in [0.3, 0.4) is 0 Å². The number of anilines is 1. The number of halogens is 2. The monoisotopic (exact) mass is 477 g/mol. The summed E-state index contributed by atoms with van der Waals surface area (Å²) in [7, 11) is 0. The molecule has 6 nitrogen and oxygen atoms in total. The molecule has 0 unspecified atom stereocenters. The molecule has 1 saturated heterocycles. The second-order valence-corrected chi connectivity index (χ2v) is 8.99. The highest BCUT2D eigenvalue weighted by Crippen LogP contribution is 2.42. The summed E-state index contributed by atoms with van der Waals surface area (Å²) in [5.74, 6) is -4.81. The lowest BCUT2D eigenvalue weighted by molar-refractivity contribution is -0.132. The number of rotatable bonds is 5. The van der Waals surface area contributed by atoms with E-state index in [9.17, 15) is 23.5 Å². The van der Waals surface area contributed by atoms with Crippen LogP contribution >= 0.6 is 0 Å². The van der Waals surface area contributed by atoms with Crippen LogP contribution in [0.2, 0.25) is 0 Å². The van der Waals surface area contributed by atoms with Crippen molar-refractivity contribution in [2.24, 2.45) is 0 Å². The Morgan fingerprint density at radius 3 is 2.11 bits per heavy atom. The Morgan fingerprint density at radius 2 is 1.60 bits per heavy atom. The number of aromatic nitrogens is 2. The number of benzene rings is 2. The van der Waals surface area contributed by atoms with Crippen molar-refractivity contribution in [3.8, 4) is 0 Å². The molecule has 0 aliphatic carbocycles. The number of ketones is 1. The molecule has 4 rings (SSSR count). The van der Waals surface area contributed by atoms with Gasteiger partial charge in [0, 0.05) is 18.1 Å². The number of hydrogen-bond donors (Lipinski definition) is 1. The highest BCUT2D eigenvalue weighted by molar-refractivity contribution is 6.51. The van der Waals surface area contributed by atoms with E-state index in [1.54, 1.807) is 31.2 Å². The molecular formula is C27H25F2N3O3. The van der Waals surface area contributed by atoms with Gasteiger partial charge in [-0.1, -0.05) is 62.4 Å². The first-order valence-electron chi connectivity index (χ1n) is 11.2. The van der Waals surface area contributed by atoms with Crippen LogP contribution in [0.1, 0.15) is 60.7 Å². The van der Waals surface area contributed by atoms with Gasteiger partial charge in [-0.15, -0.1) is 5.10 Å². The fourth-order valence-corrected chi connectivity index (χ4v) is 4.04. The third-order valence-electron chi connectivity index (χ3n) is 6.06. The lowest BCUT2D eigenvalue weighted by Crippen LogP contribution is -2.30. The number of carbonyl (C=O) groups is 2. The molecule has 3 aromatic rings. The van der Waals surface area contributed by atoms with Crippen LogP contribution in [0, 0.1) is 6.92 Å². The molecule has 1 fully saturated rings. The number of amides is 1. The number of aliphatic hydroxyl groups is 1. The molecule has 2 heterocycles. The van der Waals surface area contributed by atoms with E-state index in [2.05, 4.69) is 10.2 Å². The van der Waals surface area contributed by atoms with Gasteiger partial charge in [0.15, 0.2) is 5.82 Å². The molecular weight excluding hydrogens is 452 g/mol. The van der Waals surface area contributed by atoms with Crippen LogP contribution in [0.5, 0.6) is 0 Å². The molecule has 1 atom stereocenters. The summed E-state index contributed by atoms with van der Waals surface area (Å²) < 4.78 is 27.6. The van der Waals surface area contributed by atoms with Crippen LogP contribution in [0.25, 0.3) is 5.76 Å². The van der Waals surface area contributed by atoms with Crippen LogP contribution in [0.4, 0.5) is 14.6 Å². The highest BCUT2D eigenvalue weighted by Gasteiger charge is 2.47. The smallest absolute Gasteiger partial charge is 0.301 e. The molecule has 8 heteroatoms. The van der Waals surface area contributed by atoms with Crippen molar-refractivity contribution >= 4 is 23.3 Å². The molecule has 1 aromatic heterocycles. The third-order valence-corrected chi connectivity index (χ3v) is 6.06. The second-order valence-electron chi connectivity index (χ2n) is 8.99. The van der Waals surface area contributed by atoms with Crippen molar-refractivity contribution in [3.63, 3.8) is 0 Å². The summed E-state index contributed by atoms with van der Waals surface area (Å²) in [6.07, 6.45) is 0. The molecule has 35 heavy (non-hydrogen) atoms. The van der Waals surface area contributed by atoms with Gasteiger partial charge in [-0.05, 0) is 36.1 Å². The van der Waals surface area contributed by atoms with E-state index in [0.29, 0.717) is 16.8 Å². The maximum atomic E-state index is 13.8. The number of nitrogens with zero attached hydrogens (tertiary/aromatic N) is 3. The van der Waals surface area contributed by atoms with E-state index >= 15 is 0 Å². The van der Waals surface area contributed by atoms with Crippen LogP contribution in [-0.4, -0.2) is 27.0 Å². The van der Waals surface area contributed by atoms with E-state index in [1.807, 2.05) is 26.0 Å². The maximum absolute atomic E-state index is 13.8. The summed E-state index contributed by atoms with van der Waals surface area (Å²) in [4.78, 5) is 27.5. The van der Waals surface area contributed by atoms with Crippen molar-refractivity contribution in [2.45, 2.75) is 45.6 Å². The van der Waals surface area contributed by atoms with E-state index in [0.717, 1.165) is 17.4 Å². The van der Waals surface area contributed by atoms with Gasteiger partial charge in [-0.3, -0.25) is 14.5 Å². The fraction of sp³-hybridized carbons (Fsp3) is 0.259. The SMILES string of the molecule is Cc1ccc(N2C(=O)C(=O)C(=C(O)c3ccc(C(C)C)cc3)[C@@H]2c2ccc(C(C)(F)F)cc2)nn1. The molecule has 0 radical (unpaired) electrons. The van der Waals surface area contributed by atoms with E-state index < -0.39 is 23.7 Å². The zero-order valence-corrected chi connectivity index (χ0v) is 19.8. The number of aryl methyl sites for hydroxylation is 1. The van der Waals surface area contributed by atoms with Crippen LogP contribution in [0.15, 0.2) is 66.2 Å². The Hall–Kier alpha value is -3.94. The standard InChI is InChI=1S/C27H25F2N3O3/c1-15(2)17-6-8-19(9-7-17)24(33)22-23(18-10-12-20(13-11-18)27(4,28)29)32(26(35)25(22)34)21-14-5-16(3)30-31-21/h5-15,23,33H,1-4H3/t23-/m0/s1. The number of carbonyl (C=O) groups excluding carboxylic acids is 2. The topological polar surface area (TPSA) is 83.4 Å². The zero-order valence-electron chi connectivity index (χ0n) is 19.8. The van der Waals surface area contributed by atoms with Gasteiger partial charge in [0.25, 0.3) is 11.7 Å². The zero-order chi connectivity index (χ0) is 25.5. The minimum absolute atomic E-state index is 0.113. The summed E-state index contributed by atoms with van der Waals surface area (Å²) in [6.45, 7) is 6.59. The molecule has 1 N–H and O–H groups in total. The van der Waals surface area contributed by atoms with Crippen molar-refractivity contribution in [2.75, 3.05) is 4.90 Å². The van der Waals surface area contributed by atoms with Crippen LogP contribution in [-0.2, 0) is 15.5 Å². The van der Waals surface area contributed by atoms with Gasteiger partial charge in [-0.2, -0.15) is 5.10 Å². The Labute approximate surface area is 201 Å². The highest BCUT2D eigenvalue weighted by atomic mass is 19.3. The lowest BCUT2D eigenvalue weighted by atomic mass is 9.93. The van der Waals surface area contributed by atoms with E-state index in [4.69, 9.17) is 0 Å². The lowest BCUT2D eigenvalue weighted by Gasteiger charge is -2.24. The van der Waals surface area contributed by atoms with Gasteiger partial charge in [0.1, 0.15) is 5.76 Å². The first kappa shape index (κ1) is 24.2. The van der Waals surface area contributed by atoms with Crippen molar-refractivity contribution < 1.29 is 23.5 Å². The average molecular weight is 478 g/mol. The maximum Gasteiger partial charge on any atom is 0.301 e. The first-order chi connectivity index (χ1) is 16.5. The van der Waals surface area contributed by atoms with Gasteiger partial charge < -0.3 is 5.11 Å². The molecule has 0 bridgehead atoms. The predicted octanol–water partition coefficient (Wildman–Crippen LogP) is 5.65. The quantitative estimate of drug-likeness (QED) is 0.292.